The molecule has 3 rings (SSSR count). The number of amides is 1. The second kappa shape index (κ2) is 8.82. The molecule has 0 aliphatic carbocycles. The number of carboxylic acids is 1. The first-order valence-electron chi connectivity index (χ1n) is 9.54. The van der Waals surface area contributed by atoms with Gasteiger partial charge in [0, 0.05) is 18.5 Å². The van der Waals surface area contributed by atoms with Crippen molar-refractivity contribution in [3.63, 3.8) is 0 Å². The van der Waals surface area contributed by atoms with E-state index in [-0.39, 0.29) is 30.7 Å². The summed E-state index contributed by atoms with van der Waals surface area (Å²) in [6.45, 7) is 1.98. The minimum absolute atomic E-state index is 0.0209. The number of aliphatic hydroxyl groups excluding tert-OH is 1. The van der Waals surface area contributed by atoms with Gasteiger partial charge in [0.15, 0.2) is 0 Å². The third kappa shape index (κ3) is 4.20. The molecule has 1 aliphatic heterocycles. The molecule has 7 heteroatoms. The molecular formula is C23H23NO6. The molecular weight excluding hydrogens is 386 g/mol. The summed E-state index contributed by atoms with van der Waals surface area (Å²) in [5.74, 6) is -2.26. The molecule has 0 bridgehead atoms. The van der Waals surface area contributed by atoms with Crippen LogP contribution in [0.25, 0.3) is 5.76 Å². The molecule has 0 saturated carbocycles. The molecule has 2 aromatic rings. The first-order valence-corrected chi connectivity index (χ1v) is 9.54. The van der Waals surface area contributed by atoms with Crippen molar-refractivity contribution in [1.29, 1.82) is 0 Å². The number of hydrogen-bond donors (Lipinski definition) is 2. The van der Waals surface area contributed by atoms with Gasteiger partial charge in [0.05, 0.1) is 18.7 Å². The molecule has 1 heterocycles. The Morgan fingerprint density at radius 2 is 1.80 bits per heavy atom. The maximum Gasteiger partial charge on any atom is 0.303 e. The summed E-state index contributed by atoms with van der Waals surface area (Å²) in [5.41, 5.74) is 1.99. The van der Waals surface area contributed by atoms with Crippen molar-refractivity contribution in [2.24, 2.45) is 0 Å². The number of carboxylic acid groups (broad SMARTS) is 1. The minimum atomic E-state index is -0.982. The minimum Gasteiger partial charge on any atom is -0.507 e. The fraction of sp³-hybridized carbons (Fsp3) is 0.261. The van der Waals surface area contributed by atoms with E-state index in [9.17, 15) is 19.5 Å². The van der Waals surface area contributed by atoms with Crippen LogP contribution in [0.2, 0.25) is 0 Å². The molecule has 1 fully saturated rings. The molecule has 0 aromatic heterocycles. The molecule has 2 N–H and O–H groups in total. The Balaban J connectivity index is 2.11. The van der Waals surface area contributed by atoms with Crippen LogP contribution in [0.5, 0.6) is 5.75 Å². The van der Waals surface area contributed by atoms with Crippen molar-refractivity contribution in [3.8, 4) is 5.75 Å². The highest BCUT2D eigenvalue weighted by Crippen LogP contribution is 2.40. The lowest BCUT2D eigenvalue weighted by Crippen LogP contribution is -2.31. The molecule has 1 saturated heterocycles. The van der Waals surface area contributed by atoms with Crippen LogP contribution in [0.3, 0.4) is 0 Å². The third-order valence-corrected chi connectivity index (χ3v) is 5.06. The van der Waals surface area contributed by atoms with E-state index >= 15 is 0 Å². The summed E-state index contributed by atoms with van der Waals surface area (Å²) in [5, 5.41) is 19.9. The van der Waals surface area contributed by atoms with E-state index < -0.39 is 23.7 Å². The number of carbonyl (C=O) groups is 3. The van der Waals surface area contributed by atoms with Gasteiger partial charge in [-0.05, 0) is 31.0 Å². The highest BCUT2D eigenvalue weighted by Gasteiger charge is 2.45. The first kappa shape index (κ1) is 21.1. The third-order valence-electron chi connectivity index (χ3n) is 5.06. The topological polar surface area (TPSA) is 104 Å². The summed E-state index contributed by atoms with van der Waals surface area (Å²) >= 11 is 0. The average Bonchev–Trinajstić information content (AvgIpc) is 2.98. The highest BCUT2D eigenvalue weighted by atomic mass is 16.5. The number of ketones is 1. The molecule has 2 aromatic carbocycles. The zero-order valence-electron chi connectivity index (χ0n) is 16.8. The fourth-order valence-corrected chi connectivity index (χ4v) is 3.54. The number of rotatable bonds is 7. The Bertz CT molecular complexity index is 1010. The first-order chi connectivity index (χ1) is 14.3. The van der Waals surface area contributed by atoms with Gasteiger partial charge in [0.1, 0.15) is 11.5 Å². The normalized spacial score (nSPS) is 17.9. The lowest BCUT2D eigenvalue weighted by molar-refractivity contribution is -0.140. The summed E-state index contributed by atoms with van der Waals surface area (Å²) in [7, 11) is 1.51. The number of nitrogens with zero attached hydrogens (tertiary/aromatic N) is 1. The van der Waals surface area contributed by atoms with Gasteiger partial charge in [0.2, 0.25) is 0 Å². The number of aryl methyl sites for hydroxylation is 1. The Morgan fingerprint density at radius 1 is 1.10 bits per heavy atom. The highest BCUT2D eigenvalue weighted by molar-refractivity contribution is 6.46. The lowest BCUT2D eigenvalue weighted by Gasteiger charge is -2.25. The molecule has 156 valence electrons. The molecule has 7 nitrogen and oxygen atoms in total. The average molecular weight is 409 g/mol. The Labute approximate surface area is 174 Å². The van der Waals surface area contributed by atoms with Gasteiger partial charge in [-0.1, -0.05) is 42.0 Å². The number of aliphatic carboxylic acids is 1. The van der Waals surface area contributed by atoms with Crippen molar-refractivity contribution in [2.45, 2.75) is 25.8 Å². The number of carbonyl (C=O) groups excluding carboxylic acids is 2. The van der Waals surface area contributed by atoms with Gasteiger partial charge in [0.25, 0.3) is 11.7 Å². The van der Waals surface area contributed by atoms with Gasteiger partial charge in [-0.25, -0.2) is 0 Å². The van der Waals surface area contributed by atoms with E-state index in [0.717, 1.165) is 5.56 Å². The van der Waals surface area contributed by atoms with Gasteiger partial charge in [-0.3, -0.25) is 14.4 Å². The second-order valence-electron chi connectivity index (χ2n) is 7.13. The number of hydrogen-bond acceptors (Lipinski definition) is 5. The predicted octanol–water partition coefficient (Wildman–Crippen LogP) is 3.29. The Morgan fingerprint density at radius 3 is 2.43 bits per heavy atom. The van der Waals surface area contributed by atoms with Gasteiger partial charge < -0.3 is 19.8 Å². The van der Waals surface area contributed by atoms with Crippen LogP contribution < -0.4 is 4.74 Å². The largest absolute Gasteiger partial charge is 0.507 e. The van der Waals surface area contributed by atoms with Crippen LogP contribution in [0, 0.1) is 6.92 Å². The number of methoxy groups -OCH3 is 1. The van der Waals surface area contributed by atoms with E-state index in [4.69, 9.17) is 9.84 Å². The quantitative estimate of drug-likeness (QED) is 0.413. The molecule has 1 atom stereocenters. The summed E-state index contributed by atoms with van der Waals surface area (Å²) in [4.78, 5) is 37.9. The van der Waals surface area contributed by atoms with Crippen molar-refractivity contribution >= 4 is 23.4 Å². The van der Waals surface area contributed by atoms with Crippen LogP contribution in [0.4, 0.5) is 0 Å². The van der Waals surface area contributed by atoms with Crippen LogP contribution in [-0.2, 0) is 14.4 Å². The fourth-order valence-electron chi connectivity index (χ4n) is 3.54. The van der Waals surface area contributed by atoms with E-state index in [2.05, 4.69) is 0 Å². The van der Waals surface area contributed by atoms with Crippen LogP contribution in [0.15, 0.2) is 54.1 Å². The molecule has 1 aliphatic rings. The van der Waals surface area contributed by atoms with Crippen molar-refractivity contribution in [1.82, 2.24) is 4.90 Å². The number of benzene rings is 2. The smallest absolute Gasteiger partial charge is 0.303 e. The van der Waals surface area contributed by atoms with Crippen molar-refractivity contribution in [3.05, 3.63) is 70.8 Å². The van der Waals surface area contributed by atoms with E-state index in [1.807, 2.05) is 6.92 Å². The number of ether oxygens (including phenoxy) is 1. The zero-order valence-corrected chi connectivity index (χ0v) is 16.8. The Hall–Kier alpha value is -3.61. The Kier molecular flexibility index (Phi) is 6.20. The molecule has 0 spiro atoms. The van der Waals surface area contributed by atoms with E-state index in [0.29, 0.717) is 16.9 Å². The van der Waals surface area contributed by atoms with E-state index in [1.54, 1.807) is 48.5 Å². The van der Waals surface area contributed by atoms with Crippen molar-refractivity contribution in [2.75, 3.05) is 13.7 Å². The van der Waals surface area contributed by atoms with Crippen LogP contribution in [0.1, 0.15) is 35.6 Å². The maximum atomic E-state index is 12.9. The maximum absolute atomic E-state index is 12.9. The van der Waals surface area contributed by atoms with Gasteiger partial charge in [-0.2, -0.15) is 0 Å². The number of aliphatic hydroxyl groups is 1. The molecule has 30 heavy (non-hydrogen) atoms. The summed E-state index contributed by atoms with van der Waals surface area (Å²) in [6, 6.07) is 13.1. The summed E-state index contributed by atoms with van der Waals surface area (Å²) < 4.78 is 5.26. The lowest BCUT2D eigenvalue weighted by atomic mass is 9.95. The van der Waals surface area contributed by atoms with Crippen LogP contribution >= 0.6 is 0 Å². The molecule has 0 radical (unpaired) electrons. The number of likely N-dealkylation sites (tertiary alicyclic amines) is 1. The summed E-state index contributed by atoms with van der Waals surface area (Å²) in [6.07, 6.45) is 0.0548. The monoisotopic (exact) mass is 409 g/mol. The zero-order chi connectivity index (χ0) is 21.8. The van der Waals surface area contributed by atoms with Crippen LogP contribution in [-0.4, -0.2) is 46.4 Å². The SMILES string of the molecule is COc1cccc([C@H]2C(=C(O)c3ccc(C)cc3)C(=O)C(=O)N2CCCC(=O)O)c1. The number of Topliss-reactive ketones (excluding diaryl/α,β-unsaturated/α-hetero) is 1. The standard InChI is InChI=1S/C23H23NO6/c1-14-8-10-15(11-9-14)21(27)19-20(16-5-3-6-17(13-16)30-2)24(23(29)22(19)28)12-4-7-18(25)26/h3,5-6,8-11,13,20,27H,4,7,12H2,1-2H3,(H,25,26)/t20-/m0/s1. The predicted molar refractivity (Wildman–Crippen MR) is 110 cm³/mol. The van der Waals surface area contributed by atoms with Gasteiger partial charge in [-0.15, -0.1) is 0 Å². The van der Waals surface area contributed by atoms with Crippen molar-refractivity contribution < 1.29 is 29.3 Å². The van der Waals surface area contributed by atoms with E-state index in [1.165, 1.54) is 12.0 Å². The molecule has 1 amide bonds. The molecule has 0 unspecified atom stereocenters. The van der Waals surface area contributed by atoms with Gasteiger partial charge >= 0.3 is 5.97 Å². The second-order valence-corrected chi connectivity index (χ2v) is 7.13.